The number of hydrogen-bond acceptors (Lipinski definition) is 2. The Hall–Kier alpha value is -1.27. The van der Waals surface area contributed by atoms with Crippen LogP contribution in [0.25, 0.3) is 0 Å². The smallest absolute Gasteiger partial charge is 0.317 e. The number of methoxy groups -OCH3 is 1. The molecule has 0 N–H and O–H groups in total. The van der Waals surface area contributed by atoms with Crippen LogP contribution in [0.4, 0.5) is 0 Å². The summed E-state index contributed by atoms with van der Waals surface area (Å²) < 4.78 is 5.39. The first-order valence-corrected chi connectivity index (χ1v) is 4.83. The van der Waals surface area contributed by atoms with Gasteiger partial charge in [0, 0.05) is 10.0 Å². The van der Waals surface area contributed by atoms with E-state index in [9.17, 15) is 4.79 Å². The van der Waals surface area contributed by atoms with E-state index in [4.69, 9.17) is 0 Å². The molecule has 0 atom stereocenters. The van der Waals surface area contributed by atoms with E-state index in [-0.39, 0.29) is 12.4 Å². The summed E-state index contributed by atoms with van der Waals surface area (Å²) in [5, 5.41) is 0. The van der Waals surface area contributed by atoms with Crippen LogP contribution in [0.1, 0.15) is 12.0 Å². The minimum atomic E-state index is -0.315. The van der Waals surface area contributed by atoms with Crippen LogP contribution in [-0.2, 0) is 9.53 Å². The maximum atomic E-state index is 10.8. The minimum Gasteiger partial charge on any atom is -0.468 e. The molecule has 0 aromatic heterocycles. The van der Waals surface area contributed by atoms with Crippen LogP contribution in [-0.4, -0.2) is 13.1 Å². The quantitative estimate of drug-likeness (QED) is 0.567. The molecule has 72 valence electrons. The Morgan fingerprint density at radius 1 is 1.50 bits per heavy atom. The summed E-state index contributed by atoms with van der Waals surface area (Å²) in [7, 11) is 1.35. The van der Waals surface area contributed by atoms with Crippen molar-refractivity contribution in [2.75, 3.05) is 7.11 Å². The number of hydrogen-bond donors (Lipinski definition) is 0. The summed E-state index contributed by atoms with van der Waals surface area (Å²) in [5.41, 5.74) is 0.872. The highest BCUT2D eigenvalue weighted by molar-refractivity contribution is 9.10. The maximum absolute atomic E-state index is 10.8. The van der Waals surface area contributed by atoms with E-state index < -0.39 is 0 Å². The van der Waals surface area contributed by atoms with Crippen LogP contribution in [0.2, 0.25) is 0 Å². The third-order valence-electron chi connectivity index (χ3n) is 1.56. The number of esters is 1. The van der Waals surface area contributed by atoms with Gasteiger partial charge in [-0.25, -0.2) is 0 Å². The Bertz CT molecular complexity index is 388. The second-order valence-corrected chi connectivity index (χ2v) is 3.39. The lowest BCUT2D eigenvalue weighted by atomic mass is 10.2. The molecular weight excluding hydrogens is 244 g/mol. The predicted molar refractivity (Wildman–Crippen MR) is 57.7 cm³/mol. The van der Waals surface area contributed by atoms with Gasteiger partial charge >= 0.3 is 5.97 Å². The van der Waals surface area contributed by atoms with Crippen molar-refractivity contribution in [1.82, 2.24) is 0 Å². The number of halogens is 1. The molecule has 0 aliphatic heterocycles. The van der Waals surface area contributed by atoms with E-state index in [2.05, 4.69) is 32.5 Å². The van der Waals surface area contributed by atoms with Crippen LogP contribution < -0.4 is 0 Å². The molecule has 1 aromatic rings. The number of benzene rings is 1. The molecule has 0 spiro atoms. The molecule has 0 amide bonds. The van der Waals surface area contributed by atoms with Gasteiger partial charge in [0.2, 0.25) is 0 Å². The molecule has 0 aliphatic carbocycles. The first kappa shape index (κ1) is 10.8. The van der Waals surface area contributed by atoms with Gasteiger partial charge in [-0.1, -0.05) is 24.0 Å². The van der Waals surface area contributed by atoms with Crippen molar-refractivity contribution >= 4 is 21.9 Å². The van der Waals surface area contributed by atoms with Crippen molar-refractivity contribution in [2.45, 2.75) is 6.42 Å². The number of carbonyl (C=O) groups is 1. The number of carbonyl (C=O) groups excluding carboxylic acids is 1. The lowest BCUT2D eigenvalue weighted by Crippen LogP contribution is -1.97. The van der Waals surface area contributed by atoms with Gasteiger partial charge in [-0.3, -0.25) is 4.79 Å². The Labute approximate surface area is 91.4 Å². The molecular formula is C11H9BrO2. The number of ether oxygens (including phenoxy) is 1. The monoisotopic (exact) mass is 252 g/mol. The molecule has 2 nitrogen and oxygen atoms in total. The largest absolute Gasteiger partial charge is 0.468 e. The highest BCUT2D eigenvalue weighted by atomic mass is 79.9. The molecule has 0 radical (unpaired) electrons. The summed E-state index contributed by atoms with van der Waals surface area (Å²) in [6.07, 6.45) is 0.123. The molecule has 14 heavy (non-hydrogen) atoms. The van der Waals surface area contributed by atoms with Crippen molar-refractivity contribution < 1.29 is 9.53 Å². The molecule has 1 aromatic carbocycles. The number of rotatable bonds is 1. The highest BCUT2D eigenvalue weighted by Crippen LogP contribution is 2.14. The van der Waals surface area contributed by atoms with E-state index in [0.29, 0.717) is 0 Å². The first-order valence-electron chi connectivity index (χ1n) is 4.04. The van der Waals surface area contributed by atoms with Crippen LogP contribution in [0, 0.1) is 11.8 Å². The predicted octanol–water partition coefficient (Wildman–Crippen LogP) is 2.36. The van der Waals surface area contributed by atoms with Gasteiger partial charge in [0.05, 0.1) is 7.11 Å². The Morgan fingerprint density at radius 3 is 2.86 bits per heavy atom. The average Bonchev–Trinajstić information content (AvgIpc) is 2.20. The average molecular weight is 253 g/mol. The van der Waals surface area contributed by atoms with E-state index in [1.165, 1.54) is 7.11 Å². The fraction of sp³-hybridized carbons (Fsp3) is 0.182. The second kappa shape index (κ2) is 5.46. The molecule has 3 heteroatoms. The fourth-order valence-electron chi connectivity index (χ4n) is 0.846. The van der Waals surface area contributed by atoms with E-state index in [1.54, 1.807) is 0 Å². The Balaban J connectivity index is 2.68. The molecule has 0 fully saturated rings. The fourth-order valence-corrected chi connectivity index (χ4v) is 1.23. The summed E-state index contributed by atoms with van der Waals surface area (Å²) in [5.74, 6) is 5.30. The van der Waals surface area contributed by atoms with Gasteiger partial charge in [0.25, 0.3) is 0 Å². The van der Waals surface area contributed by atoms with Crippen LogP contribution >= 0.6 is 15.9 Å². The van der Waals surface area contributed by atoms with E-state index >= 15 is 0 Å². The SMILES string of the molecule is COC(=O)CC#Cc1ccccc1Br. The lowest BCUT2D eigenvalue weighted by molar-refractivity contribution is -0.139. The van der Waals surface area contributed by atoms with Crippen molar-refractivity contribution in [2.24, 2.45) is 0 Å². The van der Waals surface area contributed by atoms with Gasteiger partial charge in [0.15, 0.2) is 0 Å². The van der Waals surface area contributed by atoms with E-state index in [1.807, 2.05) is 24.3 Å². The summed E-state index contributed by atoms with van der Waals surface area (Å²) in [4.78, 5) is 10.8. The van der Waals surface area contributed by atoms with Gasteiger partial charge in [0.1, 0.15) is 6.42 Å². The minimum absolute atomic E-state index is 0.123. The van der Waals surface area contributed by atoms with Crippen molar-refractivity contribution in [3.63, 3.8) is 0 Å². The first-order chi connectivity index (χ1) is 6.74. The zero-order chi connectivity index (χ0) is 10.4. The molecule has 0 saturated carbocycles. The van der Waals surface area contributed by atoms with Gasteiger partial charge in [-0.2, -0.15) is 0 Å². The molecule has 0 saturated heterocycles. The van der Waals surface area contributed by atoms with Gasteiger partial charge < -0.3 is 4.74 Å². The summed E-state index contributed by atoms with van der Waals surface area (Å²) in [6, 6.07) is 7.60. The Kier molecular flexibility index (Phi) is 4.21. The topological polar surface area (TPSA) is 26.3 Å². The Morgan fingerprint density at radius 2 is 2.21 bits per heavy atom. The van der Waals surface area contributed by atoms with Gasteiger partial charge in [-0.05, 0) is 28.1 Å². The van der Waals surface area contributed by atoms with E-state index in [0.717, 1.165) is 10.0 Å². The zero-order valence-corrected chi connectivity index (χ0v) is 9.30. The summed E-state index contributed by atoms with van der Waals surface area (Å²) in [6.45, 7) is 0. The van der Waals surface area contributed by atoms with Crippen LogP contribution in [0.15, 0.2) is 28.7 Å². The molecule has 0 unspecified atom stereocenters. The maximum Gasteiger partial charge on any atom is 0.317 e. The normalized spacial score (nSPS) is 8.71. The molecule has 0 bridgehead atoms. The van der Waals surface area contributed by atoms with Crippen molar-refractivity contribution in [3.05, 3.63) is 34.3 Å². The van der Waals surface area contributed by atoms with Crippen molar-refractivity contribution in [3.8, 4) is 11.8 Å². The van der Waals surface area contributed by atoms with Crippen LogP contribution in [0.3, 0.4) is 0 Å². The summed E-state index contributed by atoms with van der Waals surface area (Å²) >= 11 is 3.36. The lowest BCUT2D eigenvalue weighted by Gasteiger charge is -1.93. The third-order valence-corrected chi connectivity index (χ3v) is 2.25. The highest BCUT2D eigenvalue weighted by Gasteiger charge is 1.95. The third kappa shape index (κ3) is 3.23. The molecule has 0 heterocycles. The second-order valence-electron chi connectivity index (χ2n) is 2.53. The van der Waals surface area contributed by atoms with Gasteiger partial charge in [-0.15, -0.1) is 0 Å². The standard InChI is InChI=1S/C11H9BrO2/c1-14-11(13)8-4-6-9-5-2-3-7-10(9)12/h2-3,5,7H,8H2,1H3. The zero-order valence-electron chi connectivity index (χ0n) is 7.71. The van der Waals surface area contributed by atoms with Crippen LogP contribution in [0.5, 0.6) is 0 Å². The molecule has 1 rings (SSSR count). The molecule has 0 aliphatic rings. The van der Waals surface area contributed by atoms with Crippen molar-refractivity contribution in [1.29, 1.82) is 0 Å².